The molecule has 4 fully saturated rings. The molecule has 4 saturated carbocycles. The lowest BCUT2D eigenvalue weighted by Crippen LogP contribution is -2.57. The lowest BCUT2D eigenvalue weighted by Gasteiger charge is -2.64. The van der Waals surface area contributed by atoms with Crippen LogP contribution in [-0.4, -0.2) is 0 Å². The average Bonchev–Trinajstić information content (AvgIpc) is 3.07. The molecular formula is C33H50. The Morgan fingerprint density at radius 1 is 0.545 bits per heavy atom. The summed E-state index contributed by atoms with van der Waals surface area (Å²) in [6.45, 7) is 34.7. The van der Waals surface area contributed by atoms with E-state index in [0.717, 1.165) is 23.7 Å². The van der Waals surface area contributed by atoms with Crippen LogP contribution in [0.4, 0.5) is 0 Å². The van der Waals surface area contributed by atoms with Crippen LogP contribution in [-0.2, 0) is 0 Å². The lowest BCUT2D eigenvalue weighted by atomic mass is 9.40. The second-order valence-electron chi connectivity index (χ2n) is 16.0. The summed E-state index contributed by atoms with van der Waals surface area (Å²) < 4.78 is 0. The Labute approximate surface area is 204 Å². The van der Waals surface area contributed by atoms with E-state index in [0.29, 0.717) is 55.7 Å². The summed E-state index contributed by atoms with van der Waals surface area (Å²) >= 11 is 0. The molecule has 33 heavy (non-hydrogen) atoms. The molecule has 1 aromatic carbocycles. The highest BCUT2D eigenvalue weighted by Crippen LogP contribution is 2.94. The Morgan fingerprint density at radius 3 is 1.52 bits per heavy atom. The van der Waals surface area contributed by atoms with Gasteiger partial charge in [0.1, 0.15) is 0 Å². The third kappa shape index (κ3) is 1.65. The van der Waals surface area contributed by atoms with Gasteiger partial charge in [0.05, 0.1) is 0 Å². The van der Waals surface area contributed by atoms with Gasteiger partial charge in [-0.3, -0.25) is 0 Å². The first-order valence-corrected chi connectivity index (χ1v) is 14.0. The van der Waals surface area contributed by atoms with Crippen molar-refractivity contribution in [3.8, 4) is 0 Å². The Kier molecular flexibility index (Phi) is 3.76. The van der Waals surface area contributed by atoms with Crippen molar-refractivity contribution in [2.75, 3.05) is 0 Å². The van der Waals surface area contributed by atoms with Gasteiger partial charge in [-0.05, 0) is 90.5 Å². The van der Waals surface area contributed by atoms with Crippen molar-refractivity contribution in [2.24, 2.45) is 67.5 Å². The van der Waals surface area contributed by atoms with Gasteiger partial charge in [-0.2, -0.15) is 0 Å². The first-order valence-electron chi connectivity index (χ1n) is 14.0. The predicted octanol–water partition coefficient (Wildman–Crippen LogP) is 9.17. The van der Waals surface area contributed by atoms with Gasteiger partial charge >= 0.3 is 0 Å². The minimum Gasteiger partial charge on any atom is -0.0620 e. The van der Waals surface area contributed by atoms with Gasteiger partial charge in [0, 0.05) is 0 Å². The number of fused-ring (bicyclic) bond motifs is 14. The Hall–Kier alpha value is -0.780. The maximum Gasteiger partial charge on any atom is -0.00601 e. The quantitative estimate of drug-likeness (QED) is 0.372. The van der Waals surface area contributed by atoms with Gasteiger partial charge in [0.25, 0.3) is 0 Å². The summed E-state index contributed by atoms with van der Waals surface area (Å²) in [6.07, 6.45) is 0. The molecule has 5 aliphatic carbocycles. The molecule has 0 nitrogen and oxygen atoms in total. The van der Waals surface area contributed by atoms with Crippen LogP contribution in [0.15, 0.2) is 24.3 Å². The fourth-order valence-corrected chi connectivity index (χ4v) is 13.4. The second kappa shape index (κ2) is 5.47. The SMILES string of the molecule is CC1C(C)C2(C)C3C(c4ccccc4C4C3C3(C)C(C)(C)C(C)C4(C)C3(C)C)C1(C)C2(C)C. The predicted molar refractivity (Wildman–Crippen MR) is 140 cm³/mol. The van der Waals surface area contributed by atoms with Crippen molar-refractivity contribution in [3.63, 3.8) is 0 Å². The third-order valence-electron chi connectivity index (χ3n) is 16.7. The van der Waals surface area contributed by atoms with Crippen LogP contribution in [0.2, 0.25) is 0 Å². The molecule has 0 heterocycles. The van der Waals surface area contributed by atoms with Gasteiger partial charge in [-0.1, -0.05) is 114 Å². The molecular weight excluding hydrogens is 396 g/mol. The van der Waals surface area contributed by atoms with E-state index < -0.39 is 0 Å². The molecule has 11 atom stereocenters. The average molecular weight is 447 g/mol. The van der Waals surface area contributed by atoms with Crippen molar-refractivity contribution < 1.29 is 0 Å². The van der Waals surface area contributed by atoms with Crippen LogP contribution < -0.4 is 0 Å². The lowest BCUT2D eigenvalue weighted by molar-refractivity contribution is -0.120. The molecule has 1 aromatic rings. The van der Waals surface area contributed by atoms with Crippen LogP contribution in [0.1, 0.15) is 113 Å². The zero-order valence-electron chi connectivity index (χ0n) is 23.9. The number of benzene rings is 1. The number of hydrogen-bond acceptors (Lipinski definition) is 0. The standard InChI is InChI=1S/C33H50/c1-18-19(2)31(11)25-23(30(18,10)28(31,6)7)21-16-14-15-17-22(21)24-26(25)33(13)27(4,5)20(3)32(24,12)29(33,8)9/h14-20,23-26H,1-13H3. The van der Waals surface area contributed by atoms with E-state index in [1.165, 1.54) is 0 Å². The van der Waals surface area contributed by atoms with Crippen molar-refractivity contribution in [2.45, 2.75) is 102 Å². The van der Waals surface area contributed by atoms with Crippen molar-refractivity contribution in [1.82, 2.24) is 0 Å². The molecule has 6 rings (SSSR count). The van der Waals surface area contributed by atoms with Gasteiger partial charge in [-0.15, -0.1) is 0 Å². The van der Waals surface area contributed by atoms with Gasteiger partial charge in [-0.25, -0.2) is 0 Å². The van der Waals surface area contributed by atoms with E-state index in [2.05, 4.69) is 114 Å². The topological polar surface area (TPSA) is 0 Å². The van der Waals surface area contributed by atoms with E-state index in [1.807, 2.05) is 0 Å². The van der Waals surface area contributed by atoms with E-state index >= 15 is 0 Å². The minimum atomic E-state index is 0.304. The summed E-state index contributed by atoms with van der Waals surface area (Å²) in [5.41, 5.74) is 5.77. The van der Waals surface area contributed by atoms with Crippen LogP contribution in [0.3, 0.4) is 0 Å². The molecule has 0 aliphatic heterocycles. The highest BCUT2D eigenvalue weighted by Gasteiger charge is 2.88. The second-order valence-corrected chi connectivity index (χ2v) is 16.0. The first kappa shape index (κ1) is 22.7. The minimum absolute atomic E-state index is 0.304. The summed E-state index contributed by atoms with van der Waals surface area (Å²) in [7, 11) is 0. The number of hydrogen-bond donors (Lipinski definition) is 0. The monoisotopic (exact) mass is 446 g/mol. The van der Waals surface area contributed by atoms with Crippen LogP contribution >= 0.6 is 0 Å². The molecule has 0 spiro atoms. The van der Waals surface area contributed by atoms with E-state index in [9.17, 15) is 0 Å². The number of rotatable bonds is 0. The molecule has 0 radical (unpaired) electrons. The maximum atomic E-state index is 2.75. The summed E-state index contributed by atoms with van der Waals surface area (Å²) in [4.78, 5) is 0. The first-order chi connectivity index (χ1) is 14.9. The Morgan fingerprint density at radius 2 is 1.00 bits per heavy atom. The summed E-state index contributed by atoms with van der Waals surface area (Å²) in [6, 6.07) is 9.83. The van der Waals surface area contributed by atoms with Crippen molar-refractivity contribution in [1.29, 1.82) is 0 Å². The van der Waals surface area contributed by atoms with Crippen LogP contribution in [0.5, 0.6) is 0 Å². The summed E-state index contributed by atoms with van der Waals surface area (Å²) in [5, 5.41) is 0. The molecule has 11 unspecified atom stereocenters. The van der Waals surface area contributed by atoms with Gasteiger partial charge in [0.15, 0.2) is 0 Å². The smallest absolute Gasteiger partial charge is 0.00601 e. The maximum absolute atomic E-state index is 2.75. The Bertz CT molecular complexity index is 1060. The molecule has 0 N–H and O–H groups in total. The molecule has 5 aliphatic rings. The fourth-order valence-electron chi connectivity index (χ4n) is 13.4. The molecule has 0 aromatic heterocycles. The zero-order valence-corrected chi connectivity index (χ0v) is 23.9. The van der Waals surface area contributed by atoms with Crippen LogP contribution in [0.25, 0.3) is 0 Å². The zero-order chi connectivity index (χ0) is 24.5. The van der Waals surface area contributed by atoms with E-state index in [-0.39, 0.29) is 0 Å². The molecule has 0 heteroatoms. The molecule has 0 saturated heterocycles. The highest BCUT2D eigenvalue weighted by atomic mass is 14.9. The fraction of sp³-hybridized carbons (Fsp3) is 0.818. The summed E-state index contributed by atoms with van der Waals surface area (Å²) in [5.74, 6) is 5.11. The molecule has 0 amide bonds. The van der Waals surface area contributed by atoms with Crippen LogP contribution in [0, 0.1) is 67.5 Å². The Balaban J connectivity index is 1.75. The van der Waals surface area contributed by atoms with Gasteiger partial charge in [0.2, 0.25) is 0 Å². The van der Waals surface area contributed by atoms with Crippen molar-refractivity contribution in [3.05, 3.63) is 35.4 Å². The molecule has 182 valence electrons. The normalized spacial score (nSPS) is 58.2. The van der Waals surface area contributed by atoms with Crippen molar-refractivity contribution >= 4 is 0 Å². The van der Waals surface area contributed by atoms with E-state index in [1.54, 1.807) is 11.1 Å². The highest BCUT2D eigenvalue weighted by molar-refractivity contribution is 5.51. The molecule has 4 bridgehead atoms. The largest absolute Gasteiger partial charge is 0.0620 e. The third-order valence-corrected chi connectivity index (χ3v) is 16.7. The van der Waals surface area contributed by atoms with E-state index in [4.69, 9.17) is 0 Å². The van der Waals surface area contributed by atoms with Gasteiger partial charge < -0.3 is 0 Å².